The molecule has 0 aliphatic carbocycles. The normalized spacial score (nSPS) is 17.2. The Labute approximate surface area is 109 Å². The molecule has 3 rings (SSSR count). The van der Waals surface area contributed by atoms with Crippen molar-refractivity contribution in [2.45, 2.75) is 19.4 Å². The van der Waals surface area contributed by atoms with E-state index in [9.17, 15) is 9.59 Å². The average molecular weight is 259 g/mol. The molecular weight excluding hydrogens is 246 g/mol. The molecule has 5 heteroatoms. The van der Waals surface area contributed by atoms with Gasteiger partial charge in [0, 0.05) is 6.20 Å². The van der Waals surface area contributed by atoms with Gasteiger partial charge in [0.1, 0.15) is 17.9 Å². The number of carboxylic acid groups (broad SMARTS) is 1. The summed E-state index contributed by atoms with van der Waals surface area (Å²) in [4.78, 5) is 23.3. The van der Waals surface area contributed by atoms with Crippen LogP contribution in [-0.4, -0.2) is 22.2 Å². The second-order valence-electron chi connectivity index (χ2n) is 4.61. The van der Waals surface area contributed by atoms with Crippen LogP contribution in [0.2, 0.25) is 0 Å². The van der Waals surface area contributed by atoms with E-state index in [1.54, 1.807) is 18.2 Å². The molecule has 0 saturated carbocycles. The molecule has 0 fully saturated rings. The molecule has 1 aromatic heterocycles. The SMILES string of the molecule is CCC1COc2cccc3c(=O)c(C(=O)O)cn1c23. The molecule has 0 spiro atoms. The lowest BCUT2D eigenvalue weighted by atomic mass is 10.1. The van der Waals surface area contributed by atoms with E-state index in [4.69, 9.17) is 9.84 Å². The second kappa shape index (κ2) is 4.12. The van der Waals surface area contributed by atoms with Crippen molar-refractivity contribution in [1.82, 2.24) is 4.57 Å². The standard InChI is InChI=1S/C14H13NO4/c1-2-8-7-19-11-5-3-4-9-12(11)15(8)6-10(13(9)16)14(17)18/h3-6,8H,2,7H2,1H3,(H,17,18). The number of hydrogen-bond donors (Lipinski definition) is 1. The van der Waals surface area contributed by atoms with Crippen LogP contribution >= 0.6 is 0 Å². The fourth-order valence-corrected chi connectivity index (χ4v) is 2.52. The van der Waals surface area contributed by atoms with E-state index in [0.29, 0.717) is 23.3 Å². The number of ether oxygens (including phenoxy) is 1. The van der Waals surface area contributed by atoms with Crippen LogP contribution < -0.4 is 10.2 Å². The smallest absolute Gasteiger partial charge is 0.341 e. The van der Waals surface area contributed by atoms with Crippen LogP contribution in [0.5, 0.6) is 5.75 Å². The number of aromatic nitrogens is 1. The average Bonchev–Trinajstić information content (AvgIpc) is 2.42. The fourth-order valence-electron chi connectivity index (χ4n) is 2.52. The Balaban J connectivity index is 2.46. The Hall–Kier alpha value is -2.30. The summed E-state index contributed by atoms with van der Waals surface area (Å²) in [7, 11) is 0. The lowest BCUT2D eigenvalue weighted by Crippen LogP contribution is -2.27. The number of nitrogens with zero attached hydrogens (tertiary/aromatic N) is 1. The highest BCUT2D eigenvalue weighted by Crippen LogP contribution is 2.32. The maximum Gasteiger partial charge on any atom is 0.341 e. The highest BCUT2D eigenvalue weighted by molar-refractivity contribution is 5.94. The molecule has 19 heavy (non-hydrogen) atoms. The highest BCUT2D eigenvalue weighted by Gasteiger charge is 2.24. The van der Waals surface area contributed by atoms with Gasteiger partial charge in [-0.05, 0) is 18.6 Å². The number of carboxylic acids is 1. The molecule has 1 aliphatic rings. The van der Waals surface area contributed by atoms with Gasteiger partial charge in [0.15, 0.2) is 0 Å². The molecule has 98 valence electrons. The molecule has 5 nitrogen and oxygen atoms in total. The van der Waals surface area contributed by atoms with Gasteiger partial charge < -0.3 is 14.4 Å². The van der Waals surface area contributed by atoms with Gasteiger partial charge in [-0.3, -0.25) is 4.79 Å². The summed E-state index contributed by atoms with van der Waals surface area (Å²) in [5.41, 5.74) is 0.0431. The first-order chi connectivity index (χ1) is 9.13. The van der Waals surface area contributed by atoms with Crippen LogP contribution in [0.4, 0.5) is 0 Å². The first-order valence-electron chi connectivity index (χ1n) is 6.17. The summed E-state index contributed by atoms with van der Waals surface area (Å²) < 4.78 is 7.51. The van der Waals surface area contributed by atoms with E-state index in [1.807, 2.05) is 11.5 Å². The minimum Gasteiger partial charge on any atom is -0.489 e. The van der Waals surface area contributed by atoms with Crippen molar-refractivity contribution in [3.63, 3.8) is 0 Å². The molecule has 2 aromatic rings. The monoisotopic (exact) mass is 259 g/mol. The molecule has 1 atom stereocenters. The summed E-state index contributed by atoms with van der Waals surface area (Å²) >= 11 is 0. The first-order valence-corrected chi connectivity index (χ1v) is 6.17. The lowest BCUT2D eigenvalue weighted by molar-refractivity contribution is 0.0694. The predicted molar refractivity (Wildman–Crippen MR) is 70.0 cm³/mol. The predicted octanol–water partition coefficient (Wildman–Crippen LogP) is 2.04. The molecule has 0 saturated heterocycles. The molecule has 1 aliphatic heterocycles. The van der Waals surface area contributed by atoms with E-state index in [2.05, 4.69) is 0 Å². The zero-order chi connectivity index (χ0) is 13.6. The summed E-state index contributed by atoms with van der Waals surface area (Å²) in [5.74, 6) is -0.557. The maximum atomic E-state index is 12.2. The Kier molecular flexibility index (Phi) is 2.55. The first kappa shape index (κ1) is 11.8. The third-order valence-electron chi connectivity index (χ3n) is 3.54. The van der Waals surface area contributed by atoms with E-state index in [-0.39, 0.29) is 11.6 Å². The van der Waals surface area contributed by atoms with E-state index in [1.165, 1.54) is 6.20 Å². The quantitative estimate of drug-likeness (QED) is 0.896. The Morgan fingerprint density at radius 2 is 2.32 bits per heavy atom. The van der Waals surface area contributed by atoms with Crippen molar-refractivity contribution in [3.8, 4) is 5.75 Å². The van der Waals surface area contributed by atoms with E-state index >= 15 is 0 Å². The maximum absolute atomic E-state index is 12.2. The summed E-state index contributed by atoms with van der Waals surface area (Å²) in [6, 6.07) is 5.20. The molecule has 1 N–H and O–H groups in total. The van der Waals surface area contributed by atoms with Crippen LogP contribution in [0.1, 0.15) is 29.7 Å². The van der Waals surface area contributed by atoms with Crippen molar-refractivity contribution < 1.29 is 14.6 Å². The topological polar surface area (TPSA) is 68.5 Å². The third-order valence-corrected chi connectivity index (χ3v) is 3.54. The molecule has 0 radical (unpaired) electrons. The number of aromatic carboxylic acids is 1. The Bertz CT molecular complexity index is 732. The third kappa shape index (κ3) is 1.62. The van der Waals surface area contributed by atoms with Crippen LogP contribution in [-0.2, 0) is 0 Å². The van der Waals surface area contributed by atoms with Gasteiger partial charge in [-0.15, -0.1) is 0 Å². The van der Waals surface area contributed by atoms with E-state index < -0.39 is 11.4 Å². The van der Waals surface area contributed by atoms with Crippen molar-refractivity contribution in [2.24, 2.45) is 0 Å². The van der Waals surface area contributed by atoms with E-state index in [0.717, 1.165) is 6.42 Å². The number of carbonyl (C=O) groups is 1. The van der Waals surface area contributed by atoms with Crippen LogP contribution in [0.15, 0.2) is 29.2 Å². The largest absolute Gasteiger partial charge is 0.489 e. The van der Waals surface area contributed by atoms with Crippen molar-refractivity contribution in [1.29, 1.82) is 0 Å². The number of hydrogen-bond acceptors (Lipinski definition) is 3. The molecule has 2 heterocycles. The molecule has 0 amide bonds. The number of rotatable bonds is 2. The fraction of sp³-hybridized carbons (Fsp3) is 0.286. The van der Waals surface area contributed by atoms with Crippen molar-refractivity contribution in [2.75, 3.05) is 6.61 Å². The molecule has 1 unspecified atom stereocenters. The van der Waals surface area contributed by atoms with Gasteiger partial charge >= 0.3 is 5.97 Å². The summed E-state index contributed by atoms with van der Waals surface area (Å²) in [5, 5.41) is 9.55. The number of para-hydroxylation sites is 1. The number of pyridine rings is 1. The van der Waals surface area contributed by atoms with Gasteiger partial charge in [-0.1, -0.05) is 13.0 Å². The second-order valence-corrected chi connectivity index (χ2v) is 4.61. The zero-order valence-corrected chi connectivity index (χ0v) is 10.4. The van der Waals surface area contributed by atoms with Gasteiger partial charge in [0.25, 0.3) is 0 Å². The Morgan fingerprint density at radius 3 is 3.00 bits per heavy atom. The minimum absolute atomic E-state index is 0.0519. The summed E-state index contributed by atoms with van der Waals surface area (Å²) in [6.45, 7) is 2.50. The van der Waals surface area contributed by atoms with Gasteiger partial charge in [0.2, 0.25) is 5.43 Å². The Morgan fingerprint density at radius 1 is 1.53 bits per heavy atom. The zero-order valence-electron chi connectivity index (χ0n) is 10.4. The lowest BCUT2D eigenvalue weighted by Gasteiger charge is -2.28. The molecule has 1 aromatic carbocycles. The van der Waals surface area contributed by atoms with Crippen LogP contribution in [0.3, 0.4) is 0 Å². The highest BCUT2D eigenvalue weighted by atomic mass is 16.5. The van der Waals surface area contributed by atoms with Crippen molar-refractivity contribution in [3.05, 3.63) is 40.2 Å². The van der Waals surface area contributed by atoms with Gasteiger partial charge in [-0.2, -0.15) is 0 Å². The van der Waals surface area contributed by atoms with Crippen LogP contribution in [0, 0.1) is 0 Å². The van der Waals surface area contributed by atoms with Crippen LogP contribution in [0.25, 0.3) is 10.9 Å². The van der Waals surface area contributed by atoms with Gasteiger partial charge in [0.05, 0.1) is 16.9 Å². The molecular formula is C14H13NO4. The minimum atomic E-state index is -1.19. The van der Waals surface area contributed by atoms with Gasteiger partial charge in [-0.25, -0.2) is 4.79 Å². The molecule has 0 bridgehead atoms. The van der Waals surface area contributed by atoms with Crippen molar-refractivity contribution >= 4 is 16.9 Å². The number of benzene rings is 1. The summed E-state index contributed by atoms with van der Waals surface area (Å²) in [6.07, 6.45) is 2.25.